The first-order valence-electron chi connectivity index (χ1n) is 5.16. The lowest BCUT2D eigenvalue weighted by molar-refractivity contribution is 0.0792. The first kappa shape index (κ1) is 15.2. The number of carbonyl (C=O) groups is 1. The van der Waals surface area contributed by atoms with Crippen molar-refractivity contribution in [3.05, 3.63) is 29.1 Å². The number of nitrogens with two attached hydrogens (primary N) is 1. The summed E-state index contributed by atoms with van der Waals surface area (Å²) in [6, 6.07) is 0.393. The van der Waals surface area contributed by atoms with Crippen molar-refractivity contribution in [2.24, 2.45) is 5.73 Å². The SMILES string of the molecule is CN(CCC(N)=S)C(=O)c1cc(F)c(F)c(O)c1F. The highest BCUT2D eigenvalue weighted by molar-refractivity contribution is 7.80. The Labute approximate surface area is 112 Å². The van der Waals surface area contributed by atoms with Crippen LogP contribution in [-0.2, 0) is 0 Å². The number of rotatable bonds is 4. The number of phenolic OH excluding ortho intramolecular Hbond substituents is 1. The van der Waals surface area contributed by atoms with Crippen molar-refractivity contribution in [1.82, 2.24) is 4.90 Å². The summed E-state index contributed by atoms with van der Waals surface area (Å²) in [6.07, 6.45) is 0.203. The molecular formula is C11H11F3N2O2S. The van der Waals surface area contributed by atoms with Crippen LogP contribution in [0.15, 0.2) is 6.07 Å². The number of phenols is 1. The van der Waals surface area contributed by atoms with Crippen molar-refractivity contribution in [2.45, 2.75) is 6.42 Å². The zero-order valence-electron chi connectivity index (χ0n) is 9.91. The van der Waals surface area contributed by atoms with E-state index in [2.05, 4.69) is 12.2 Å². The van der Waals surface area contributed by atoms with Gasteiger partial charge < -0.3 is 15.7 Å². The van der Waals surface area contributed by atoms with E-state index in [9.17, 15) is 18.0 Å². The van der Waals surface area contributed by atoms with Crippen LogP contribution in [0.3, 0.4) is 0 Å². The van der Waals surface area contributed by atoms with Gasteiger partial charge in [0.25, 0.3) is 5.91 Å². The number of aromatic hydroxyl groups is 1. The number of hydrogen-bond donors (Lipinski definition) is 2. The van der Waals surface area contributed by atoms with Crippen molar-refractivity contribution in [2.75, 3.05) is 13.6 Å². The topological polar surface area (TPSA) is 66.6 Å². The van der Waals surface area contributed by atoms with Gasteiger partial charge in [0.15, 0.2) is 17.4 Å². The van der Waals surface area contributed by atoms with E-state index in [1.807, 2.05) is 0 Å². The fourth-order valence-corrected chi connectivity index (χ4v) is 1.42. The molecule has 1 aromatic carbocycles. The molecule has 0 aliphatic carbocycles. The van der Waals surface area contributed by atoms with E-state index in [4.69, 9.17) is 10.8 Å². The number of thiocarbonyl (C=S) groups is 1. The quantitative estimate of drug-likeness (QED) is 0.653. The maximum absolute atomic E-state index is 13.5. The maximum Gasteiger partial charge on any atom is 0.256 e. The summed E-state index contributed by atoms with van der Waals surface area (Å²) in [5.41, 5.74) is 4.49. The van der Waals surface area contributed by atoms with Gasteiger partial charge in [-0.1, -0.05) is 12.2 Å². The number of benzene rings is 1. The van der Waals surface area contributed by atoms with Crippen LogP contribution in [0.2, 0.25) is 0 Å². The molecule has 3 N–H and O–H groups in total. The van der Waals surface area contributed by atoms with Crippen LogP contribution in [0.25, 0.3) is 0 Å². The molecule has 0 aromatic heterocycles. The minimum atomic E-state index is -1.74. The second kappa shape index (κ2) is 5.87. The van der Waals surface area contributed by atoms with Gasteiger partial charge in [-0.3, -0.25) is 4.79 Å². The van der Waals surface area contributed by atoms with Gasteiger partial charge in [0.2, 0.25) is 5.82 Å². The zero-order chi connectivity index (χ0) is 14.7. The van der Waals surface area contributed by atoms with E-state index in [-0.39, 0.29) is 18.0 Å². The van der Waals surface area contributed by atoms with E-state index in [1.54, 1.807) is 0 Å². The molecular weight excluding hydrogens is 281 g/mol. The molecule has 0 radical (unpaired) electrons. The standard InChI is InChI=1S/C11H11F3N2O2S/c1-16(3-2-7(15)19)11(18)5-4-6(12)9(14)10(17)8(5)13/h4,17H,2-3H2,1H3,(H2,15,19). The van der Waals surface area contributed by atoms with E-state index in [0.717, 1.165) is 4.90 Å². The van der Waals surface area contributed by atoms with Gasteiger partial charge in [-0.2, -0.15) is 4.39 Å². The van der Waals surface area contributed by atoms with Gasteiger partial charge in [0.1, 0.15) is 0 Å². The summed E-state index contributed by atoms with van der Waals surface area (Å²) in [4.78, 5) is 13.0. The highest BCUT2D eigenvalue weighted by Gasteiger charge is 2.24. The molecule has 0 saturated heterocycles. The number of halogens is 3. The summed E-state index contributed by atoms with van der Waals surface area (Å²) in [5, 5.41) is 9.02. The Morgan fingerprint density at radius 2 is 2.00 bits per heavy atom. The lowest BCUT2D eigenvalue weighted by Gasteiger charge is -2.17. The number of carbonyl (C=O) groups excluding carboxylic acids is 1. The Balaban J connectivity index is 3.03. The smallest absolute Gasteiger partial charge is 0.256 e. The molecule has 19 heavy (non-hydrogen) atoms. The Hall–Kier alpha value is -1.83. The average molecular weight is 292 g/mol. The minimum absolute atomic E-state index is 0.0906. The Morgan fingerprint density at radius 3 is 2.53 bits per heavy atom. The summed E-state index contributed by atoms with van der Waals surface area (Å²) in [5.74, 6) is -7.19. The van der Waals surface area contributed by atoms with Crippen molar-refractivity contribution < 1.29 is 23.1 Å². The molecule has 1 rings (SSSR count). The molecule has 104 valence electrons. The molecule has 0 unspecified atom stereocenters. The van der Waals surface area contributed by atoms with Crippen LogP contribution in [0.1, 0.15) is 16.8 Å². The number of nitrogens with zero attached hydrogens (tertiary/aromatic N) is 1. The Bertz CT molecular complexity index is 537. The van der Waals surface area contributed by atoms with Gasteiger partial charge in [-0.25, -0.2) is 8.78 Å². The Morgan fingerprint density at radius 1 is 1.42 bits per heavy atom. The summed E-state index contributed by atoms with van der Waals surface area (Å²) < 4.78 is 39.4. The highest BCUT2D eigenvalue weighted by atomic mass is 32.1. The monoisotopic (exact) mass is 292 g/mol. The average Bonchev–Trinajstić information content (AvgIpc) is 2.36. The summed E-state index contributed by atoms with van der Waals surface area (Å²) in [6.45, 7) is 0.0906. The predicted molar refractivity (Wildman–Crippen MR) is 66.3 cm³/mol. The predicted octanol–water partition coefficient (Wildman–Crippen LogP) is 1.56. The molecule has 0 saturated carbocycles. The Kier molecular flexibility index (Phi) is 4.71. The molecule has 8 heteroatoms. The molecule has 0 aliphatic rings. The fourth-order valence-electron chi connectivity index (χ4n) is 1.33. The zero-order valence-corrected chi connectivity index (χ0v) is 10.7. The fraction of sp³-hybridized carbons (Fsp3) is 0.273. The van der Waals surface area contributed by atoms with Gasteiger partial charge in [-0.15, -0.1) is 0 Å². The largest absolute Gasteiger partial charge is 0.503 e. The van der Waals surface area contributed by atoms with E-state index in [0.29, 0.717) is 6.07 Å². The number of amides is 1. The minimum Gasteiger partial charge on any atom is -0.503 e. The summed E-state index contributed by atoms with van der Waals surface area (Å²) in [7, 11) is 1.32. The third-order valence-electron chi connectivity index (χ3n) is 2.40. The molecule has 1 aromatic rings. The van der Waals surface area contributed by atoms with Crippen LogP contribution >= 0.6 is 12.2 Å². The molecule has 0 fully saturated rings. The maximum atomic E-state index is 13.5. The van der Waals surface area contributed by atoms with Crippen molar-refractivity contribution in [3.63, 3.8) is 0 Å². The van der Waals surface area contributed by atoms with Gasteiger partial charge in [0.05, 0.1) is 10.6 Å². The van der Waals surface area contributed by atoms with E-state index >= 15 is 0 Å². The molecule has 0 heterocycles. The van der Waals surface area contributed by atoms with Crippen LogP contribution in [0.5, 0.6) is 5.75 Å². The second-order valence-electron chi connectivity index (χ2n) is 3.83. The second-order valence-corrected chi connectivity index (χ2v) is 4.35. The first-order valence-corrected chi connectivity index (χ1v) is 5.56. The molecule has 0 atom stereocenters. The highest BCUT2D eigenvalue weighted by Crippen LogP contribution is 2.26. The first-order chi connectivity index (χ1) is 8.75. The van der Waals surface area contributed by atoms with Gasteiger partial charge in [0, 0.05) is 20.0 Å². The van der Waals surface area contributed by atoms with Crippen LogP contribution < -0.4 is 5.73 Å². The third-order valence-corrected chi connectivity index (χ3v) is 2.61. The molecule has 0 spiro atoms. The third kappa shape index (κ3) is 3.34. The lowest BCUT2D eigenvalue weighted by atomic mass is 10.1. The van der Waals surface area contributed by atoms with E-state index in [1.165, 1.54) is 7.05 Å². The number of hydrogen-bond acceptors (Lipinski definition) is 3. The van der Waals surface area contributed by atoms with Crippen molar-refractivity contribution in [3.8, 4) is 5.75 Å². The van der Waals surface area contributed by atoms with Crippen LogP contribution in [0.4, 0.5) is 13.2 Å². The normalized spacial score (nSPS) is 10.3. The van der Waals surface area contributed by atoms with Crippen LogP contribution in [0, 0.1) is 17.5 Å². The van der Waals surface area contributed by atoms with Gasteiger partial charge >= 0.3 is 0 Å². The molecule has 1 amide bonds. The van der Waals surface area contributed by atoms with Crippen LogP contribution in [-0.4, -0.2) is 34.5 Å². The lowest BCUT2D eigenvalue weighted by Crippen LogP contribution is -2.30. The van der Waals surface area contributed by atoms with Crippen molar-refractivity contribution >= 4 is 23.1 Å². The molecule has 4 nitrogen and oxygen atoms in total. The van der Waals surface area contributed by atoms with Crippen molar-refractivity contribution in [1.29, 1.82) is 0 Å². The van der Waals surface area contributed by atoms with Gasteiger partial charge in [-0.05, 0) is 6.07 Å². The van der Waals surface area contributed by atoms with E-state index < -0.39 is 34.7 Å². The summed E-state index contributed by atoms with van der Waals surface area (Å²) >= 11 is 4.62. The molecule has 0 aliphatic heterocycles. The molecule has 0 bridgehead atoms.